The van der Waals surface area contributed by atoms with Gasteiger partial charge in [0.2, 0.25) is 0 Å². The first-order valence-corrected chi connectivity index (χ1v) is 4.78. The van der Waals surface area contributed by atoms with Crippen LogP contribution in [0.5, 0.6) is 0 Å². The van der Waals surface area contributed by atoms with Crippen LogP contribution in [0.2, 0.25) is 0 Å². The molecule has 0 amide bonds. The summed E-state index contributed by atoms with van der Waals surface area (Å²) in [4.78, 5) is 11.5. The number of allylic oxidation sites excluding steroid dienone is 3. The molecule has 0 bridgehead atoms. The zero-order chi connectivity index (χ0) is 9.68. The van der Waals surface area contributed by atoms with E-state index in [-0.39, 0.29) is 5.78 Å². The normalized spacial score (nSPS) is 17.5. The predicted octanol–water partition coefficient (Wildman–Crippen LogP) is 2.61. The van der Waals surface area contributed by atoms with E-state index >= 15 is 0 Å². The molecule has 1 rings (SSSR count). The number of ether oxygens (including phenoxy) is 1. The molecule has 0 saturated carbocycles. The van der Waals surface area contributed by atoms with Gasteiger partial charge >= 0.3 is 0 Å². The molecule has 0 spiro atoms. The zero-order valence-corrected chi connectivity index (χ0v) is 8.14. The summed E-state index contributed by atoms with van der Waals surface area (Å²) in [6.07, 6.45) is 4.91. The Bertz CT molecular complexity index is 238. The molecule has 0 heterocycles. The maximum absolute atomic E-state index is 11.5. The summed E-state index contributed by atoms with van der Waals surface area (Å²) in [5.41, 5.74) is 0.836. The van der Waals surface area contributed by atoms with Gasteiger partial charge in [-0.1, -0.05) is 6.08 Å². The highest BCUT2D eigenvalue weighted by molar-refractivity contribution is 5.96. The summed E-state index contributed by atoms with van der Waals surface area (Å²) in [5.74, 6) is 1.12. The van der Waals surface area contributed by atoms with Gasteiger partial charge in [0.1, 0.15) is 5.76 Å². The van der Waals surface area contributed by atoms with Gasteiger partial charge in [0, 0.05) is 18.4 Å². The van der Waals surface area contributed by atoms with Crippen LogP contribution in [0.4, 0.5) is 0 Å². The van der Waals surface area contributed by atoms with E-state index in [9.17, 15) is 4.79 Å². The summed E-state index contributed by atoms with van der Waals surface area (Å²) < 4.78 is 5.43. The molecule has 1 aliphatic rings. The van der Waals surface area contributed by atoms with Crippen LogP contribution in [0.3, 0.4) is 0 Å². The van der Waals surface area contributed by atoms with Crippen molar-refractivity contribution in [1.29, 1.82) is 0 Å². The van der Waals surface area contributed by atoms with Gasteiger partial charge < -0.3 is 4.74 Å². The van der Waals surface area contributed by atoms with Crippen molar-refractivity contribution in [2.45, 2.75) is 32.6 Å². The number of carbonyl (C=O) groups excluding carboxylic acids is 1. The predicted molar refractivity (Wildman–Crippen MR) is 52.3 cm³/mol. The molecule has 0 aromatic heterocycles. The molecule has 0 N–H and O–H groups in total. The van der Waals surface area contributed by atoms with E-state index in [4.69, 9.17) is 4.74 Å². The number of carbonyl (C=O) groups is 1. The summed E-state index contributed by atoms with van der Waals surface area (Å²) >= 11 is 0. The van der Waals surface area contributed by atoms with E-state index in [0.29, 0.717) is 19.4 Å². The second-order valence-corrected chi connectivity index (χ2v) is 3.10. The number of rotatable bonds is 4. The maximum Gasteiger partial charge on any atom is 0.162 e. The Hall–Kier alpha value is -1.05. The largest absolute Gasteiger partial charge is 0.498 e. The molecule has 1 aliphatic carbocycles. The molecule has 2 nitrogen and oxygen atoms in total. The van der Waals surface area contributed by atoms with E-state index in [1.54, 1.807) is 6.08 Å². The molecular weight excluding hydrogens is 164 g/mol. The van der Waals surface area contributed by atoms with Gasteiger partial charge in [-0.05, 0) is 19.8 Å². The second-order valence-electron chi connectivity index (χ2n) is 3.10. The monoisotopic (exact) mass is 180 g/mol. The molecule has 0 saturated heterocycles. The van der Waals surface area contributed by atoms with E-state index in [1.807, 2.05) is 6.92 Å². The minimum absolute atomic E-state index is 0.231. The summed E-state index contributed by atoms with van der Waals surface area (Å²) in [6, 6.07) is 0. The zero-order valence-electron chi connectivity index (χ0n) is 8.14. The molecule has 0 aliphatic heterocycles. The standard InChI is InChI=1S/C11H16O2/c1-3-6-9-10(12)7-5-8-11(9)13-4-2/h3H,1,4-8H2,2H3. The molecular formula is C11H16O2. The summed E-state index contributed by atoms with van der Waals surface area (Å²) in [6.45, 7) is 6.23. The van der Waals surface area contributed by atoms with Crippen molar-refractivity contribution in [3.63, 3.8) is 0 Å². The number of ketones is 1. The van der Waals surface area contributed by atoms with Gasteiger partial charge in [-0.3, -0.25) is 4.79 Å². The SMILES string of the molecule is C=CCC1=C(OCC)CCCC1=O. The average molecular weight is 180 g/mol. The average Bonchev–Trinajstić information content (AvgIpc) is 2.11. The van der Waals surface area contributed by atoms with Crippen molar-refractivity contribution >= 4 is 5.78 Å². The molecule has 2 heteroatoms. The first-order valence-electron chi connectivity index (χ1n) is 4.78. The summed E-state index contributed by atoms with van der Waals surface area (Å²) in [7, 11) is 0. The highest BCUT2D eigenvalue weighted by Crippen LogP contribution is 2.25. The number of hydrogen-bond acceptors (Lipinski definition) is 2. The van der Waals surface area contributed by atoms with Crippen LogP contribution in [0.25, 0.3) is 0 Å². The third-order valence-electron chi connectivity index (χ3n) is 2.15. The molecule has 13 heavy (non-hydrogen) atoms. The van der Waals surface area contributed by atoms with Crippen LogP contribution in [0.15, 0.2) is 24.0 Å². The fraction of sp³-hybridized carbons (Fsp3) is 0.545. The van der Waals surface area contributed by atoms with Crippen molar-refractivity contribution in [1.82, 2.24) is 0 Å². The smallest absolute Gasteiger partial charge is 0.162 e. The quantitative estimate of drug-likeness (QED) is 0.621. The molecule has 0 radical (unpaired) electrons. The lowest BCUT2D eigenvalue weighted by Gasteiger charge is -2.18. The van der Waals surface area contributed by atoms with Gasteiger partial charge in [0.15, 0.2) is 5.78 Å². The minimum Gasteiger partial charge on any atom is -0.498 e. The van der Waals surface area contributed by atoms with Crippen molar-refractivity contribution in [2.75, 3.05) is 6.61 Å². The topological polar surface area (TPSA) is 26.3 Å². The van der Waals surface area contributed by atoms with Gasteiger partial charge in [0.05, 0.1) is 6.61 Å². The Morgan fingerprint density at radius 3 is 2.92 bits per heavy atom. The van der Waals surface area contributed by atoms with Crippen LogP contribution in [-0.4, -0.2) is 12.4 Å². The Kier molecular flexibility index (Phi) is 3.74. The van der Waals surface area contributed by atoms with Crippen molar-refractivity contribution in [3.8, 4) is 0 Å². The van der Waals surface area contributed by atoms with E-state index < -0.39 is 0 Å². The molecule has 72 valence electrons. The Morgan fingerprint density at radius 1 is 1.54 bits per heavy atom. The van der Waals surface area contributed by atoms with Crippen LogP contribution in [0, 0.1) is 0 Å². The maximum atomic E-state index is 11.5. The molecule has 0 atom stereocenters. The lowest BCUT2D eigenvalue weighted by Crippen LogP contribution is -2.13. The highest BCUT2D eigenvalue weighted by atomic mass is 16.5. The van der Waals surface area contributed by atoms with Crippen molar-refractivity contribution in [3.05, 3.63) is 24.0 Å². The third-order valence-corrected chi connectivity index (χ3v) is 2.15. The lowest BCUT2D eigenvalue weighted by atomic mass is 9.94. The van der Waals surface area contributed by atoms with Gasteiger partial charge in [-0.25, -0.2) is 0 Å². The van der Waals surface area contributed by atoms with Crippen LogP contribution in [-0.2, 0) is 9.53 Å². The Morgan fingerprint density at radius 2 is 2.31 bits per heavy atom. The van der Waals surface area contributed by atoms with Crippen LogP contribution in [0.1, 0.15) is 32.6 Å². The van der Waals surface area contributed by atoms with E-state index in [1.165, 1.54) is 0 Å². The molecule has 0 aromatic carbocycles. The van der Waals surface area contributed by atoms with Gasteiger partial charge in [-0.2, -0.15) is 0 Å². The van der Waals surface area contributed by atoms with Crippen LogP contribution < -0.4 is 0 Å². The van der Waals surface area contributed by atoms with Gasteiger partial charge in [0.25, 0.3) is 0 Å². The van der Waals surface area contributed by atoms with Gasteiger partial charge in [-0.15, -0.1) is 6.58 Å². The second kappa shape index (κ2) is 4.85. The first-order chi connectivity index (χ1) is 6.29. The van der Waals surface area contributed by atoms with E-state index in [2.05, 4.69) is 6.58 Å². The minimum atomic E-state index is 0.231. The molecule has 0 unspecified atom stereocenters. The van der Waals surface area contributed by atoms with Crippen molar-refractivity contribution in [2.24, 2.45) is 0 Å². The van der Waals surface area contributed by atoms with Crippen LogP contribution >= 0.6 is 0 Å². The first kappa shape index (κ1) is 10.0. The summed E-state index contributed by atoms with van der Waals surface area (Å²) in [5, 5.41) is 0. The van der Waals surface area contributed by atoms with E-state index in [0.717, 1.165) is 24.2 Å². The molecule has 0 fully saturated rings. The Labute approximate surface area is 79.3 Å². The fourth-order valence-corrected chi connectivity index (χ4v) is 1.57. The van der Waals surface area contributed by atoms with Crippen molar-refractivity contribution < 1.29 is 9.53 Å². The fourth-order valence-electron chi connectivity index (χ4n) is 1.57. The lowest BCUT2D eigenvalue weighted by molar-refractivity contribution is -0.116. The number of hydrogen-bond donors (Lipinski definition) is 0. The third kappa shape index (κ3) is 2.44. The number of Topliss-reactive ketones (excluding diaryl/α,β-unsaturated/α-hetero) is 1. The highest BCUT2D eigenvalue weighted by Gasteiger charge is 2.19. The Balaban J connectivity index is 2.82. The molecule has 0 aromatic rings.